The number of benzene rings is 1. The average Bonchev–Trinajstić information content (AvgIpc) is 2.42. The third-order valence-electron chi connectivity index (χ3n) is 2.90. The van der Waals surface area contributed by atoms with Crippen molar-refractivity contribution >= 4 is 11.6 Å². The number of rotatable bonds is 3. The van der Waals surface area contributed by atoms with Crippen LogP contribution in [0.5, 0.6) is 0 Å². The fraction of sp³-hybridized carbons (Fsp3) is 0.462. The van der Waals surface area contributed by atoms with Crippen LogP contribution in [0, 0.1) is 6.92 Å². The molecule has 0 bridgehead atoms. The van der Waals surface area contributed by atoms with Crippen LogP contribution in [0.15, 0.2) is 18.2 Å². The topological polar surface area (TPSA) is 73.6 Å². The molecule has 1 aliphatic heterocycles. The number of ether oxygens (including phenoxy) is 2. The number of aryl methyl sites for hydroxylation is 1. The molecule has 1 aromatic rings. The standard InChI is InChI=1S/C13H18N2O3/c1-9-2-3-10(7-14)6-11(9)15-13(16)12-8-17-4-5-18-12/h2-3,6,12H,4-5,7-8,14H2,1H3,(H,15,16). The SMILES string of the molecule is Cc1ccc(CN)cc1NC(=O)C1COCCO1. The van der Waals surface area contributed by atoms with Crippen LogP contribution in [0.25, 0.3) is 0 Å². The van der Waals surface area contributed by atoms with Gasteiger partial charge in [0, 0.05) is 12.2 Å². The van der Waals surface area contributed by atoms with E-state index in [9.17, 15) is 4.79 Å². The van der Waals surface area contributed by atoms with Gasteiger partial charge in [-0.15, -0.1) is 0 Å². The van der Waals surface area contributed by atoms with Crippen molar-refractivity contribution in [3.8, 4) is 0 Å². The lowest BCUT2D eigenvalue weighted by Crippen LogP contribution is -2.39. The highest BCUT2D eigenvalue weighted by Gasteiger charge is 2.22. The van der Waals surface area contributed by atoms with Crippen molar-refractivity contribution < 1.29 is 14.3 Å². The summed E-state index contributed by atoms with van der Waals surface area (Å²) in [6.07, 6.45) is -0.528. The molecule has 1 saturated heterocycles. The molecular formula is C13H18N2O3. The first-order valence-corrected chi connectivity index (χ1v) is 6.00. The van der Waals surface area contributed by atoms with E-state index in [4.69, 9.17) is 15.2 Å². The van der Waals surface area contributed by atoms with E-state index in [-0.39, 0.29) is 5.91 Å². The van der Waals surface area contributed by atoms with Crippen molar-refractivity contribution in [3.63, 3.8) is 0 Å². The maximum absolute atomic E-state index is 12.0. The van der Waals surface area contributed by atoms with E-state index >= 15 is 0 Å². The minimum Gasteiger partial charge on any atom is -0.376 e. The molecule has 0 radical (unpaired) electrons. The van der Waals surface area contributed by atoms with Crippen molar-refractivity contribution in [3.05, 3.63) is 29.3 Å². The van der Waals surface area contributed by atoms with Crippen LogP contribution in [-0.4, -0.2) is 31.8 Å². The van der Waals surface area contributed by atoms with Gasteiger partial charge < -0.3 is 20.5 Å². The Hall–Kier alpha value is -1.43. The van der Waals surface area contributed by atoms with Crippen LogP contribution < -0.4 is 11.1 Å². The molecule has 2 rings (SSSR count). The quantitative estimate of drug-likeness (QED) is 0.832. The highest BCUT2D eigenvalue weighted by Crippen LogP contribution is 2.17. The summed E-state index contributed by atoms with van der Waals surface area (Å²) in [6, 6.07) is 5.78. The van der Waals surface area contributed by atoms with E-state index in [0.29, 0.717) is 26.4 Å². The average molecular weight is 250 g/mol. The minimum atomic E-state index is -0.528. The molecule has 0 saturated carbocycles. The van der Waals surface area contributed by atoms with Gasteiger partial charge in [0.1, 0.15) is 0 Å². The second-order valence-electron chi connectivity index (χ2n) is 4.28. The summed E-state index contributed by atoms with van der Waals surface area (Å²) < 4.78 is 10.6. The van der Waals surface area contributed by atoms with E-state index in [1.54, 1.807) is 0 Å². The van der Waals surface area contributed by atoms with Gasteiger partial charge in [0.15, 0.2) is 6.10 Å². The smallest absolute Gasteiger partial charge is 0.255 e. The number of nitrogens with one attached hydrogen (secondary N) is 1. The van der Waals surface area contributed by atoms with Crippen molar-refractivity contribution in [1.29, 1.82) is 0 Å². The molecule has 5 nitrogen and oxygen atoms in total. The van der Waals surface area contributed by atoms with E-state index in [1.807, 2.05) is 25.1 Å². The molecule has 18 heavy (non-hydrogen) atoms. The monoisotopic (exact) mass is 250 g/mol. The zero-order valence-electron chi connectivity index (χ0n) is 10.4. The molecule has 0 spiro atoms. The molecule has 1 fully saturated rings. The number of amides is 1. The molecule has 98 valence electrons. The molecule has 1 aliphatic rings. The highest BCUT2D eigenvalue weighted by molar-refractivity contribution is 5.95. The molecular weight excluding hydrogens is 232 g/mol. The maximum atomic E-state index is 12.0. The third-order valence-corrected chi connectivity index (χ3v) is 2.90. The summed E-state index contributed by atoms with van der Waals surface area (Å²) in [6.45, 7) is 3.70. The van der Waals surface area contributed by atoms with Gasteiger partial charge in [-0.2, -0.15) is 0 Å². The zero-order chi connectivity index (χ0) is 13.0. The number of carbonyl (C=O) groups is 1. The largest absolute Gasteiger partial charge is 0.376 e. The van der Waals surface area contributed by atoms with Crippen molar-refractivity contribution in [2.75, 3.05) is 25.1 Å². The van der Waals surface area contributed by atoms with Gasteiger partial charge in [0.05, 0.1) is 19.8 Å². The molecule has 1 amide bonds. The van der Waals surface area contributed by atoms with Crippen LogP contribution in [0.1, 0.15) is 11.1 Å². The number of hydrogen-bond acceptors (Lipinski definition) is 4. The Labute approximate surface area is 106 Å². The van der Waals surface area contributed by atoms with Crippen LogP contribution >= 0.6 is 0 Å². The Balaban J connectivity index is 2.05. The molecule has 5 heteroatoms. The van der Waals surface area contributed by atoms with Gasteiger partial charge >= 0.3 is 0 Å². The summed E-state index contributed by atoms with van der Waals surface area (Å²) in [7, 11) is 0. The fourth-order valence-corrected chi connectivity index (χ4v) is 1.78. The minimum absolute atomic E-state index is 0.174. The van der Waals surface area contributed by atoms with Gasteiger partial charge in [-0.1, -0.05) is 12.1 Å². The number of hydrogen-bond donors (Lipinski definition) is 2. The lowest BCUT2D eigenvalue weighted by Gasteiger charge is -2.22. The first-order chi connectivity index (χ1) is 8.70. The van der Waals surface area contributed by atoms with Gasteiger partial charge in [0.2, 0.25) is 0 Å². The summed E-state index contributed by atoms with van der Waals surface area (Å²) in [5, 5.41) is 2.86. The number of carbonyl (C=O) groups excluding carboxylic acids is 1. The van der Waals surface area contributed by atoms with Crippen molar-refractivity contribution in [1.82, 2.24) is 0 Å². The molecule has 1 atom stereocenters. The summed E-state index contributed by atoms with van der Waals surface area (Å²) in [5.41, 5.74) is 8.34. The zero-order valence-corrected chi connectivity index (χ0v) is 10.4. The Morgan fingerprint density at radius 2 is 2.33 bits per heavy atom. The molecule has 0 aromatic heterocycles. The maximum Gasteiger partial charge on any atom is 0.255 e. The summed E-state index contributed by atoms with van der Waals surface area (Å²) in [5.74, 6) is -0.174. The molecule has 1 aromatic carbocycles. The highest BCUT2D eigenvalue weighted by atomic mass is 16.6. The van der Waals surface area contributed by atoms with Gasteiger partial charge in [-0.25, -0.2) is 0 Å². The molecule has 1 heterocycles. The molecule has 0 aliphatic carbocycles. The first kappa shape index (κ1) is 13.0. The third kappa shape index (κ3) is 3.07. The second-order valence-corrected chi connectivity index (χ2v) is 4.28. The fourth-order valence-electron chi connectivity index (χ4n) is 1.78. The Morgan fingerprint density at radius 3 is 3.00 bits per heavy atom. The van der Waals surface area contributed by atoms with E-state index < -0.39 is 6.10 Å². The summed E-state index contributed by atoms with van der Waals surface area (Å²) in [4.78, 5) is 12.0. The lowest BCUT2D eigenvalue weighted by atomic mass is 10.1. The Bertz CT molecular complexity index is 428. The van der Waals surface area contributed by atoms with Crippen molar-refractivity contribution in [2.45, 2.75) is 19.6 Å². The Morgan fingerprint density at radius 1 is 1.50 bits per heavy atom. The number of anilines is 1. The summed E-state index contributed by atoms with van der Waals surface area (Å²) >= 11 is 0. The van der Waals surface area contributed by atoms with Crippen LogP contribution in [0.3, 0.4) is 0 Å². The van der Waals surface area contributed by atoms with Gasteiger partial charge in [0.25, 0.3) is 5.91 Å². The van der Waals surface area contributed by atoms with Crippen LogP contribution in [0.2, 0.25) is 0 Å². The Kier molecular flexibility index (Phi) is 4.30. The van der Waals surface area contributed by atoms with E-state index in [1.165, 1.54) is 0 Å². The van der Waals surface area contributed by atoms with E-state index in [2.05, 4.69) is 5.32 Å². The predicted molar refractivity (Wildman–Crippen MR) is 68.3 cm³/mol. The molecule has 3 N–H and O–H groups in total. The van der Waals surface area contributed by atoms with Gasteiger partial charge in [-0.3, -0.25) is 4.79 Å². The lowest BCUT2D eigenvalue weighted by molar-refractivity contribution is -0.142. The van der Waals surface area contributed by atoms with E-state index in [0.717, 1.165) is 16.8 Å². The van der Waals surface area contributed by atoms with Crippen LogP contribution in [0.4, 0.5) is 5.69 Å². The number of nitrogens with two attached hydrogens (primary N) is 1. The van der Waals surface area contributed by atoms with Crippen LogP contribution in [-0.2, 0) is 20.8 Å². The normalized spacial score (nSPS) is 19.6. The van der Waals surface area contributed by atoms with Crippen molar-refractivity contribution in [2.24, 2.45) is 5.73 Å². The first-order valence-electron chi connectivity index (χ1n) is 6.00. The molecule has 1 unspecified atom stereocenters. The van der Waals surface area contributed by atoms with Gasteiger partial charge in [-0.05, 0) is 24.1 Å². The second kappa shape index (κ2) is 5.95. The predicted octanol–water partition coefficient (Wildman–Crippen LogP) is 0.808.